The minimum atomic E-state index is -0.0449. The maximum Gasteiger partial charge on any atom is 0.253 e. The van der Waals surface area contributed by atoms with E-state index in [4.69, 9.17) is 16.3 Å². The van der Waals surface area contributed by atoms with Gasteiger partial charge in [-0.05, 0) is 35.4 Å². The van der Waals surface area contributed by atoms with Crippen molar-refractivity contribution in [1.29, 1.82) is 0 Å². The van der Waals surface area contributed by atoms with Crippen LogP contribution in [0.4, 0.5) is 0 Å². The summed E-state index contributed by atoms with van der Waals surface area (Å²) < 4.78 is 5.41. The Balaban J connectivity index is 1.77. The summed E-state index contributed by atoms with van der Waals surface area (Å²) in [5, 5.41) is 0.665. The van der Waals surface area contributed by atoms with E-state index in [1.807, 2.05) is 72.8 Å². The van der Waals surface area contributed by atoms with Gasteiger partial charge in [-0.1, -0.05) is 60.1 Å². The fourth-order valence-electron chi connectivity index (χ4n) is 2.85. The summed E-state index contributed by atoms with van der Waals surface area (Å²) in [5.41, 5.74) is 3.57. The van der Waals surface area contributed by atoms with Gasteiger partial charge in [-0.3, -0.25) is 4.79 Å². The van der Waals surface area contributed by atoms with Crippen LogP contribution in [0.3, 0.4) is 0 Å². The highest BCUT2D eigenvalue weighted by molar-refractivity contribution is 6.31. The van der Waals surface area contributed by atoms with Crippen LogP contribution in [0.15, 0.2) is 72.8 Å². The van der Waals surface area contributed by atoms with E-state index in [1.165, 1.54) is 0 Å². The lowest BCUT2D eigenvalue weighted by atomic mass is 10.0. The molecule has 0 radical (unpaired) electrons. The van der Waals surface area contributed by atoms with Gasteiger partial charge >= 0.3 is 0 Å². The normalized spacial score (nSPS) is 10.4. The Bertz CT molecular complexity index is 906. The Morgan fingerprint density at radius 2 is 1.62 bits per heavy atom. The predicted octanol–water partition coefficient (Wildman–Crippen LogP) is 5.29. The van der Waals surface area contributed by atoms with Crippen LogP contribution in [0.5, 0.6) is 5.75 Å². The second kappa shape index (κ2) is 8.07. The number of hydrogen-bond acceptors (Lipinski definition) is 2. The molecule has 26 heavy (non-hydrogen) atoms. The molecule has 0 aliphatic carbocycles. The Hall–Kier alpha value is -2.78. The van der Waals surface area contributed by atoms with E-state index >= 15 is 0 Å². The van der Waals surface area contributed by atoms with E-state index in [0.717, 1.165) is 22.4 Å². The molecule has 0 unspecified atom stereocenters. The van der Waals surface area contributed by atoms with Gasteiger partial charge in [-0.2, -0.15) is 0 Å². The Morgan fingerprint density at radius 1 is 0.962 bits per heavy atom. The van der Waals surface area contributed by atoms with Crippen LogP contribution < -0.4 is 4.74 Å². The molecule has 132 valence electrons. The first-order valence-electron chi connectivity index (χ1n) is 8.32. The molecule has 4 heteroatoms. The van der Waals surface area contributed by atoms with Gasteiger partial charge in [-0.15, -0.1) is 0 Å². The largest absolute Gasteiger partial charge is 0.496 e. The van der Waals surface area contributed by atoms with E-state index in [9.17, 15) is 4.79 Å². The number of nitrogens with zero attached hydrogens (tertiary/aromatic N) is 1. The first-order valence-corrected chi connectivity index (χ1v) is 8.70. The average molecular weight is 366 g/mol. The van der Waals surface area contributed by atoms with Gasteiger partial charge in [0.1, 0.15) is 5.75 Å². The van der Waals surface area contributed by atoms with Crippen LogP contribution in [0.2, 0.25) is 5.02 Å². The van der Waals surface area contributed by atoms with Gasteiger partial charge in [-0.25, -0.2) is 0 Å². The highest BCUT2D eigenvalue weighted by Gasteiger charge is 2.14. The lowest BCUT2D eigenvalue weighted by Crippen LogP contribution is -2.26. The van der Waals surface area contributed by atoms with E-state index in [0.29, 0.717) is 17.1 Å². The van der Waals surface area contributed by atoms with Gasteiger partial charge in [0.25, 0.3) is 5.91 Å². The molecule has 3 aromatic rings. The van der Waals surface area contributed by atoms with Crippen molar-refractivity contribution in [2.24, 2.45) is 0 Å². The smallest absolute Gasteiger partial charge is 0.253 e. The van der Waals surface area contributed by atoms with Crippen LogP contribution in [0.1, 0.15) is 15.9 Å². The molecule has 0 atom stereocenters. The molecule has 0 bridgehead atoms. The fourth-order valence-corrected chi connectivity index (χ4v) is 3.05. The summed E-state index contributed by atoms with van der Waals surface area (Å²) in [7, 11) is 3.43. The molecule has 3 aromatic carbocycles. The van der Waals surface area contributed by atoms with Crippen LogP contribution >= 0.6 is 11.6 Å². The van der Waals surface area contributed by atoms with Gasteiger partial charge < -0.3 is 9.64 Å². The quantitative estimate of drug-likeness (QED) is 0.615. The summed E-state index contributed by atoms with van der Waals surface area (Å²) >= 11 is 6.19. The number of benzene rings is 3. The van der Waals surface area contributed by atoms with Gasteiger partial charge in [0.05, 0.1) is 7.11 Å². The molecule has 0 fully saturated rings. The SMILES string of the molecule is COc1ccccc1-c1ccc(C(=O)N(C)Cc2ccccc2Cl)cc1. The highest BCUT2D eigenvalue weighted by Crippen LogP contribution is 2.29. The summed E-state index contributed by atoms with van der Waals surface area (Å²) in [6.45, 7) is 0.465. The average Bonchev–Trinajstić information content (AvgIpc) is 2.69. The lowest BCUT2D eigenvalue weighted by Gasteiger charge is -2.18. The van der Waals surface area contributed by atoms with Crippen molar-refractivity contribution in [3.05, 3.63) is 88.9 Å². The number of halogens is 1. The minimum absolute atomic E-state index is 0.0449. The molecular weight excluding hydrogens is 346 g/mol. The molecule has 0 N–H and O–H groups in total. The van der Waals surface area contributed by atoms with Crippen LogP contribution in [-0.2, 0) is 6.54 Å². The van der Waals surface area contributed by atoms with Crippen LogP contribution in [-0.4, -0.2) is 25.0 Å². The number of carbonyl (C=O) groups is 1. The third-order valence-corrected chi connectivity index (χ3v) is 4.63. The van der Waals surface area contributed by atoms with E-state index in [1.54, 1.807) is 19.1 Å². The molecule has 1 amide bonds. The monoisotopic (exact) mass is 365 g/mol. The second-order valence-electron chi connectivity index (χ2n) is 6.03. The molecule has 0 saturated carbocycles. The number of methoxy groups -OCH3 is 1. The predicted molar refractivity (Wildman–Crippen MR) is 106 cm³/mol. The third-order valence-electron chi connectivity index (χ3n) is 4.26. The summed E-state index contributed by atoms with van der Waals surface area (Å²) in [6.07, 6.45) is 0. The Labute approximate surface area is 158 Å². The van der Waals surface area contributed by atoms with Crippen molar-refractivity contribution in [3.8, 4) is 16.9 Å². The lowest BCUT2D eigenvalue weighted by molar-refractivity contribution is 0.0785. The van der Waals surface area contributed by atoms with Crippen molar-refractivity contribution in [1.82, 2.24) is 4.90 Å². The number of rotatable bonds is 5. The highest BCUT2D eigenvalue weighted by atomic mass is 35.5. The fraction of sp³-hybridized carbons (Fsp3) is 0.136. The van der Waals surface area contributed by atoms with E-state index in [-0.39, 0.29) is 5.91 Å². The Kier molecular flexibility index (Phi) is 5.59. The molecule has 3 rings (SSSR count). The van der Waals surface area contributed by atoms with E-state index in [2.05, 4.69) is 0 Å². The van der Waals surface area contributed by atoms with Crippen molar-refractivity contribution >= 4 is 17.5 Å². The van der Waals surface area contributed by atoms with Gasteiger partial charge in [0.15, 0.2) is 0 Å². The molecule has 3 nitrogen and oxygen atoms in total. The molecule has 0 heterocycles. The van der Waals surface area contributed by atoms with Crippen molar-refractivity contribution in [2.75, 3.05) is 14.2 Å². The maximum atomic E-state index is 12.7. The molecule has 0 spiro atoms. The molecule has 0 saturated heterocycles. The third kappa shape index (κ3) is 3.89. The zero-order valence-corrected chi connectivity index (χ0v) is 15.5. The number of para-hydroxylation sites is 1. The zero-order valence-electron chi connectivity index (χ0n) is 14.8. The van der Waals surface area contributed by atoms with Crippen LogP contribution in [0, 0.1) is 0 Å². The summed E-state index contributed by atoms with van der Waals surface area (Å²) in [5.74, 6) is 0.763. The second-order valence-corrected chi connectivity index (χ2v) is 6.44. The van der Waals surface area contributed by atoms with Crippen molar-refractivity contribution in [3.63, 3.8) is 0 Å². The minimum Gasteiger partial charge on any atom is -0.496 e. The number of ether oxygens (including phenoxy) is 1. The first kappa shape index (κ1) is 18.0. The van der Waals surface area contributed by atoms with Crippen molar-refractivity contribution < 1.29 is 9.53 Å². The van der Waals surface area contributed by atoms with Crippen LogP contribution in [0.25, 0.3) is 11.1 Å². The standard InChI is InChI=1S/C22H20ClNO2/c1-24(15-18-7-3-5-9-20(18)23)22(25)17-13-11-16(12-14-17)19-8-4-6-10-21(19)26-2/h3-14H,15H2,1-2H3. The first-order chi connectivity index (χ1) is 12.6. The zero-order chi connectivity index (χ0) is 18.5. The summed E-state index contributed by atoms with van der Waals surface area (Å²) in [4.78, 5) is 14.4. The number of amides is 1. The van der Waals surface area contributed by atoms with Gasteiger partial charge in [0.2, 0.25) is 0 Å². The molecule has 0 aliphatic rings. The topological polar surface area (TPSA) is 29.5 Å². The Morgan fingerprint density at radius 3 is 2.31 bits per heavy atom. The molecule has 0 aromatic heterocycles. The number of carbonyl (C=O) groups excluding carboxylic acids is 1. The summed E-state index contributed by atoms with van der Waals surface area (Å²) in [6, 6.07) is 22.9. The maximum absolute atomic E-state index is 12.7. The number of hydrogen-bond donors (Lipinski definition) is 0. The van der Waals surface area contributed by atoms with Crippen molar-refractivity contribution in [2.45, 2.75) is 6.54 Å². The van der Waals surface area contributed by atoms with Gasteiger partial charge in [0, 0.05) is 29.7 Å². The molecule has 0 aliphatic heterocycles. The molecular formula is C22H20ClNO2. The van der Waals surface area contributed by atoms with E-state index < -0.39 is 0 Å².